The van der Waals surface area contributed by atoms with Crippen LogP contribution in [0.5, 0.6) is 0 Å². The van der Waals surface area contributed by atoms with Crippen LogP contribution in [0.15, 0.2) is 30.6 Å². The molecular formula is C11H11N5S. The molecule has 0 spiro atoms. The lowest BCUT2D eigenvalue weighted by molar-refractivity contribution is 0.960. The first-order chi connectivity index (χ1) is 8.24. The molecule has 0 aliphatic rings. The van der Waals surface area contributed by atoms with E-state index in [2.05, 4.69) is 44.5 Å². The van der Waals surface area contributed by atoms with Gasteiger partial charge in [0.15, 0.2) is 0 Å². The molecule has 0 bridgehead atoms. The summed E-state index contributed by atoms with van der Waals surface area (Å²) in [5.74, 6) is 0. The van der Waals surface area contributed by atoms with Gasteiger partial charge in [0.2, 0.25) is 4.96 Å². The van der Waals surface area contributed by atoms with Crippen molar-refractivity contribution in [3.8, 4) is 10.6 Å². The summed E-state index contributed by atoms with van der Waals surface area (Å²) in [7, 11) is 4.05. The number of hydrogen-bond acceptors (Lipinski definition) is 5. The van der Waals surface area contributed by atoms with Gasteiger partial charge in [0.25, 0.3) is 0 Å². The smallest absolute Gasteiger partial charge is 0.234 e. The minimum Gasteiger partial charge on any atom is -0.378 e. The van der Waals surface area contributed by atoms with E-state index in [0.29, 0.717) is 0 Å². The summed E-state index contributed by atoms with van der Waals surface area (Å²) < 4.78 is 1.69. The van der Waals surface area contributed by atoms with Gasteiger partial charge in [-0.05, 0) is 24.3 Å². The molecule has 0 amide bonds. The standard InChI is InChI=1S/C11H11N5S/c1-15(2)9-5-3-8(4-6-9)10-14-16-7-12-13-11(16)17-10/h3-7H,1-2H3. The van der Waals surface area contributed by atoms with Crippen LogP contribution in [-0.4, -0.2) is 33.9 Å². The predicted octanol–water partition coefficient (Wildman–Crippen LogP) is 1.92. The molecule has 0 radical (unpaired) electrons. The van der Waals surface area contributed by atoms with E-state index in [1.54, 1.807) is 10.8 Å². The number of hydrogen-bond donors (Lipinski definition) is 0. The van der Waals surface area contributed by atoms with Crippen molar-refractivity contribution >= 4 is 22.0 Å². The van der Waals surface area contributed by atoms with Crippen molar-refractivity contribution < 1.29 is 0 Å². The van der Waals surface area contributed by atoms with Crippen LogP contribution in [0.1, 0.15) is 0 Å². The largest absolute Gasteiger partial charge is 0.378 e. The highest BCUT2D eigenvalue weighted by molar-refractivity contribution is 7.19. The Morgan fingerprint density at radius 2 is 1.94 bits per heavy atom. The second-order valence-corrected chi connectivity index (χ2v) is 4.86. The van der Waals surface area contributed by atoms with Gasteiger partial charge in [-0.15, -0.1) is 10.2 Å². The van der Waals surface area contributed by atoms with Crippen LogP contribution in [0.25, 0.3) is 15.5 Å². The molecule has 86 valence electrons. The van der Waals surface area contributed by atoms with E-state index in [1.165, 1.54) is 17.0 Å². The fourth-order valence-electron chi connectivity index (χ4n) is 1.58. The van der Waals surface area contributed by atoms with Crippen molar-refractivity contribution in [3.05, 3.63) is 30.6 Å². The zero-order valence-electron chi connectivity index (χ0n) is 9.53. The second kappa shape index (κ2) is 3.81. The first-order valence-electron chi connectivity index (χ1n) is 5.18. The lowest BCUT2D eigenvalue weighted by Crippen LogP contribution is -2.07. The van der Waals surface area contributed by atoms with Crippen molar-refractivity contribution in [3.63, 3.8) is 0 Å². The fourth-order valence-corrected chi connectivity index (χ4v) is 2.40. The lowest BCUT2D eigenvalue weighted by atomic mass is 10.2. The van der Waals surface area contributed by atoms with Gasteiger partial charge in [0.05, 0.1) is 0 Å². The van der Waals surface area contributed by atoms with E-state index < -0.39 is 0 Å². The van der Waals surface area contributed by atoms with Crippen molar-refractivity contribution in [1.29, 1.82) is 0 Å². The minimum absolute atomic E-state index is 0.816. The molecule has 0 aliphatic carbocycles. The third kappa shape index (κ3) is 1.76. The molecule has 3 rings (SSSR count). The maximum atomic E-state index is 4.41. The van der Waals surface area contributed by atoms with E-state index in [1.807, 2.05) is 14.1 Å². The van der Waals surface area contributed by atoms with Crippen LogP contribution in [0.3, 0.4) is 0 Å². The number of nitrogens with zero attached hydrogens (tertiary/aromatic N) is 5. The third-order valence-electron chi connectivity index (χ3n) is 2.52. The predicted molar refractivity (Wildman–Crippen MR) is 68.4 cm³/mol. The highest BCUT2D eigenvalue weighted by Gasteiger charge is 2.07. The Kier molecular flexibility index (Phi) is 2.29. The first-order valence-corrected chi connectivity index (χ1v) is 6.00. The molecule has 0 N–H and O–H groups in total. The number of aromatic nitrogens is 4. The zero-order chi connectivity index (χ0) is 11.8. The Morgan fingerprint density at radius 3 is 2.59 bits per heavy atom. The number of rotatable bonds is 2. The molecule has 2 aromatic heterocycles. The topological polar surface area (TPSA) is 46.3 Å². The fraction of sp³-hybridized carbons (Fsp3) is 0.182. The van der Waals surface area contributed by atoms with Gasteiger partial charge in [-0.2, -0.15) is 9.61 Å². The average Bonchev–Trinajstić information content (AvgIpc) is 2.89. The highest BCUT2D eigenvalue weighted by Crippen LogP contribution is 2.26. The Bertz CT molecular complexity index is 609. The van der Waals surface area contributed by atoms with Crippen LogP contribution in [-0.2, 0) is 0 Å². The van der Waals surface area contributed by atoms with E-state index in [9.17, 15) is 0 Å². The van der Waals surface area contributed by atoms with Gasteiger partial charge in [0.1, 0.15) is 11.3 Å². The summed E-state index contributed by atoms with van der Waals surface area (Å²) in [6.45, 7) is 0. The molecule has 17 heavy (non-hydrogen) atoms. The lowest BCUT2D eigenvalue weighted by Gasteiger charge is -2.11. The Labute approximate surface area is 102 Å². The Hall–Kier alpha value is -1.95. The third-order valence-corrected chi connectivity index (χ3v) is 3.48. The second-order valence-electron chi connectivity index (χ2n) is 3.91. The van der Waals surface area contributed by atoms with Crippen molar-refractivity contribution in [2.45, 2.75) is 0 Å². The summed E-state index contributed by atoms with van der Waals surface area (Å²) >= 11 is 1.54. The molecule has 2 heterocycles. The van der Waals surface area contributed by atoms with Crippen LogP contribution in [0.4, 0.5) is 5.69 Å². The van der Waals surface area contributed by atoms with Crippen molar-refractivity contribution in [1.82, 2.24) is 19.8 Å². The zero-order valence-corrected chi connectivity index (χ0v) is 10.3. The molecular weight excluding hydrogens is 234 g/mol. The summed E-state index contributed by atoms with van der Waals surface area (Å²) in [4.78, 5) is 2.89. The summed E-state index contributed by atoms with van der Waals surface area (Å²) in [6.07, 6.45) is 1.61. The Balaban J connectivity index is 2.01. The van der Waals surface area contributed by atoms with Gasteiger partial charge in [-0.1, -0.05) is 11.3 Å². The van der Waals surface area contributed by atoms with E-state index in [0.717, 1.165) is 15.5 Å². The molecule has 6 heteroatoms. The summed E-state index contributed by atoms with van der Waals surface area (Å²) in [5, 5.41) is 13.1. The van der Waals surface area contributed by atoms with Gasteiger partial charge in [-0.3, -0.25) is 0 Å². The molecule has 5 nitrogen and oxygen atoms in total. The minimum atomic E-state index is 0.816. The number of fused-ring (bicyclic) bond motifs is 1. The maximum absolute atomic E-state index is 4.41. The molecule has 0 saturated carbocycles. The van der Waals surface area contributed by atoms with Gasteiger partial charge in [-0.25, -0.2) is 0 Å². The number of benzene rings is 1. The summed E-state index contributed by atoms with van der Waals surface area (Å²) in [5.41, 5.74) is 2.28. The van der Waals surface area contributed by atoms with E-state index in [-0.39, 0.29) is 0 Å². The molecule has 0 unspecified atom stereocenters. The van der Waals surface area contributed by atoms with Crippen LogP contribution in [0, 0.1) is 0 Å². The van der Waals surface area contributed by atoms with E-state index >= 15 is 0 Å². The maximum Gasteiger partial charge on any atom is 0.234 e. The molecule has 0 atom stereocenters. The first kappa shape index (κ1) is 10.2. The summed E-state index contributed by atoms with van der Waals surface area (Å²) in [6, 6.07) is 8.30. The quantitative estimate of drug-likeness (QED) is 0.692. The monoisotopic (exact) mass is 245 g/mol. The Morgan fingerprint density at radius 1 is 1.18 bits per heavy atom. The normalized spacial score (nSPS) is 10.9. The molecule has 0 aliphatic heterocycles. The molecule has 0 saturated heterocycles. The van der Waals surface area contributed by atoms with Gasteiger partial charge < -0.3 is 4.90 Å². The molecule has 3 aromatic rings. The van der Waals surface area contributed by atoms with Crippen LogP contribution < -0.4 is 4.90 Å². The number of anilines is 1. The average molecular weight is 245 g/mol. The van der Waals surface area contributed by atoms with Gasteiger partial charge in [0, 0.05) is 25.3 Å². The van der Waals surface area contributed by atoms with Gasteiger partial charge >= 0.3 is 0 Å². The van der Waals surface area contributed by atoms with Crippen LogP contribution in [0.2, 0.25) is 0 Å². The molecule has 0 fully saturated rings. The SMILES string of the molecule is CN(C)c1ccc(-c2nn3cnnc3s2)cc1. The van der Waals surface area contributed by atoms with Crippen LogP contribution >= 0.6 is 11.3 Å². The molecule has 1 aromatic carbocycles. The van der Waals surface area contributed by atoms with E-state index in [4.69, 9.17) is 0 Å². The van der Waals surface area contributed by atoms with Crippen molar-refractivity contribution in [2.75, 3.05) is 19.0 Å². The van der Waals surface area contributed by atoms with Crippen molar-refractivity contribution in [2.24, 2.45) is 0 Å². The highest BCUT2D eigenvalue weighted by atomic mass is 32.1.